The summed E-state index contributed by atoms with van der Waals surface area (Å²) in [6, 6.07) is 0. The van der Waals surface area contributed by atoms with Crippen LogP contribution in [0.5, 0.6) is 0 Å². The number of carbonyl (C=O) groups is 4. The average Bonchev–Trinajstić information content (AvgIpc) is 2.82. The highest BCUT2D eigenvalue weighted by Crippen LogP contribution is 2.42. The molecule has 0 aromatic carbocycles. The van der Waals surface area contributed by atoms with Gasteiger partial charge in [-0.25, -0.2) is 0 Å². The Labute approximate surface area is 267 Å². The maximum atomic E-state index is 12.8. The van der Waals surface area contributed by atoms with Crippen LogP contribution in [0, 0.1) is 0 Å². The van der Waals surface area contributed by atoms with Crippen molar-refractivity contribution in [3.63, 3.8) is 0 Å². The lowest BCUT2D eigenvalue weighted by atomic mass is 9.77. The van der Waals surface area contributed by atoms with Gasteiger partial charge in [-0.05, 0) is 82.1 Å². The molecular weight excluding hydrogens is 556 g/mol. The number of unbranched alkanes of at least 4 members (excludes halogenated alkanes) is 5. The van der Waals surface area contributed by atoms with Gasteiger partial charge in [0.2, 0.25) is 11.8 Å². The quantitative estimate of drug-likeness (QED) is 0.121. The summed E-state index contributed by atoms with van der Waals surface area (Å²) in [5.74, 6) is -0.456. The Balaban J connectivity index is 1.65. The molecule has 2 aliphatic heterocycles. The third kappa shape index (κ3) is 9.93. The van der Waals surface area contributed by atoms with E-state index >= 15 is 0 Å². The van der Waals surface area contributed by atoms with Gasteiger partial charge in [0.1, 0.15) is 12.2 Å². The second-order valence-corrected chi connectivity index (χ2v) is 15.8. The molecular formula is C36H60N2O6. The zero-order valence-electron chi connectivity index (χ0n) is 29.4. The van der Waals surface area contributed by atoms with Crippen molar-refractivity contribution in [2.45, 2.75) is 181 Å². The largest absolute Gasteiger partial charge is 0.462 e. The first kappa shape index (κ1) is 37.5. The monoisotopic (exact) mass is 616 g/mol. The number of carbonyl (C=O) groups excluding carboxylic acids is 4. The Morgan fingerprint density at radius 1 is 0.545 bits per heavy atom. The Kier molecular flexibility index (Phi) is 12.5. The molecule has 0 aliphatic carbocycles. The Morgan fingerprint density at radius 3 is 1.05 bits per heavy atom. The zero-order chi connectivity index (χ0) is 33.7. The third-order valence-corrected chi connectivity index (χ3v) is 9.07. The lowest BCUT2D eigenvalue weighted by molar-refractivity contribution is -0.167. The van der Waals surface area contributed by atoms with Gasteiger partial charge in [-0.15, -0.1) is 0 Å². The lowest BCUT2D eigenvalue weighted by Crippen LogP contribution is -2.64. The Morgan fingerprint density at radius 2 is 0.795 bits per heavy atom. The topological polar surface area (TPSA) is 93.2 Å². The second-order valence-electron chi connectivity index (χ2n) is 15.8. The summed E-state index contributed by atoms with van der Waals surface area (Å²) in [4.78, 5) is 54.6. The first-order valence-electron chi connectivity index (χ1n) is 16.5. The molecule has 2 aliphatic rings. The average molecular weight is 617 g/mol. The van der Waals surface area contributed by atoms with Gasteiger partial charge in [0.25, 0.3) is 0 Å². The fourth-order valence-corrected chi connectivity index (χ4v) is 7.76. The van der Waals surface area contributed by atoms with Crippen molar-refractivity contribution in [2.75, 3.05) is 0 Å². The van der Waals surface area contributed by atoms with E-state index in [9.17, 15) is 19.2 Å². The van der Waals surface area contributed by atoms with E-state index in [1.165, 1.54) is 0 Å². The van der Waals surface area contributed by atoms with Crippen LogP contribution in [0.25, 0.3) is 0 Å². The van der Waals surface area contributed by atoms with Gasteiger partial charge < -0.3 is 19.3 Å². The minimum absolute atomic E-state index is 0.0521. The van der Waals surface area contributed by atoms with Crippen LogP contribution in [0.2, 0.25) is 0 Å². The van der Waals surface area contributed by atoms with Crippen molar-refractivity contribution in [1.29, 1.82) is 0 Å². The summed E-state index contributed by atoms with van der Waals surface area (Å²) in [7, 11) is 0. The highest BCUT2D eigenvalue weighted by Gasteiger charge is 2.50. The number of likely N-dealkylation sites (tertiary alicyclic amines) is 2. The first-order valence-corrected chi connectivity index (χ1v) is 16.5. The molecule has 8 nitrogen and oxygen atoms in total. The number of nitrogens with zero attached hydrogens (tertiary/aromatic N) is 2. The fourth-order valence-electron chi connectivity index (χ4n) is 7.76. The van der Waals surface area contributed by atoms with E-state index in [1.807, 2.05) is 65.2 Å². The van der Waals surface area contributed by atoms with Gasteiger partial charge in [-0.3, -0.25) is 19.2 Å². The molecule has 44 heavy (non-hydrogen) atoms. The molecule has 2 rings (SSSR count). The minimum atomic E-state index is -0.439. The molecule has 0 N–H and O–H groups in total. The molecule has 0 atom stereocenters. The highest BCUT2D eigenvalue weighted by molar-refractivity contribution is 5.94. The number of hydrogen-bond acceptors (Lipinski definition) is 6. The van der Waals surface area contributed by atoms with E-state index in [2.05, 4.69) is 13.2 Å². The maximum absolute atomic E-state index is 12.8. The molecule has 0 radical (unpaired) electrons. The molecule has 0 unspecified atom stereocenters. The highest BCUT2D eigenvalue weighted by atomic mass is 16.5. The molecule has 2 amide bonds. The molecule has 2 saturated heterocycles. The maximum Gasteiger partial charge on any atom is 0.306 e. The predicted octanol–water partition coefficient (Wildman–Crippen LogP) is 7.44. The van der Waals surface area contributed by atoms with Crippen molar-refractivity contribution >= 4 is 23.8 Å². The van der Waals surface area contributed by atoms with Crippen molar-refractivity contribution in [2.24, 2.45) is 0 Å². The number of amides is 2. The second kappa shape index (κ2) is 14.6. The van der Waals surface area contributed by atoms with E-state index in [4.69, 9.17) is 9.47 Å². The van der Waals surface area contributed by atoms with Gasteiger partial charge >= 0.3 is 11.9 Å². The standard InChI is InChI=1S/C36H60N2O6/c1-25(2)31(41)37-33(5,6)21-27(22-34(37,7)8)43-29(39)19-17-15-13-14-16-18-20-30(40)44-28-23-35(9,10)38(32(42)26(3)4)36(11,12)24-28/h27-28H,1,3,13-24H2,2,4-12H3. The molecule has 0 aromatic heterocycles. The number of hydrogen-bond donors (Lipinski definition) is 0. The van der Waals surface area contributed by atoms with Crippen LogP contribution in [0.4, 0.5) is 0 Å². The SMILES string of the molecule is C=C(C)C(=O)N1C(C)(C)CC(OC(=O)CCCCCCCCC(=O)OC2CC(C)(C)N(C(=O)C(=C)C)C(C)(C)C2)CC1(C)C. The molecule has 8 heteroatoms. The van der Waals surface area contributed by atoms with Crippen molar-refractivity contribution in [1.82, 2.24) is 9.80 Å². The van der Waals surface area contributed by atoms with Crippen molar-refractivity contribution in [3.05, 3.63) is 24.3 Å². The fraction of sp³-hybridized carbons (Fsp3) is 0.778. The van der Waals surface area contributed by atoms with E-state index < -0.39 is 22.2 Å². The third-order valence-electron chi connectivity index (χ3n) is 9.07. The van der Waals surface area contributed by atoms with Crippen molar-refractivity contribution in [3.8, 4) is 0 Å². The van der Waals surface area contributed by atoms with Crippen LogP contribution in [-0.2, 0) is 28.7 Å². The summed E-state index contributed by atoms with van der Waals surface area (Å²) in [6.07, 6.45) is 8.19. The molecule has 2 fully saturated rings. The molecule has 0 spiro atoms. The normalized spacial score (nSPS) is 21.0. The van der Waals surface area contributed by atoms with Crippen LogP contribution in [0.15, 0.2) is 24.3 Å². The van der Waals surface area contributed by atoms with Crippen LogP contribution in [0.3, 0.4) is 0 Å². The van der Waals surface area contributed by atoms with E-state index in [1.54, 1.807) is 13.8 Å². The van der Waals surface area contributed by atoms with Crippen molar-refractivity contribution < 1.29 is 28.7 Å². The molecule has 0 aromatic rings. The number of piperidine rings is 2. The molecule has 250 valence electrons. The summed E-state index contributed by atoms with van der Waals surface area (Å²) in [5, 5.41) is 0. The van der Waals surface area contributed by atoms with Gasteiger partial charge in [0, 0.05) is 71.8 Å². The van der Waals surface area contributed by atoms with Gasteiger partial charge in [-0.2, -0.15) is 0 Å². The smallest absolute Gasteiger partial charge is 0.306 e. The summed E-state index contributed by atoms with van der Waals surface area (Å²) in [5.41, 5.74) is -0.730. The first-order chi connectivity index (χ1) is 20.1. The Hall–Kier alpha value is -2.64. The van der Waals surface area contributed by atoms with Gasteiger partial charge in [0.15, 0.2) is 0 Å². The van der Waals surface area contributed by atoms with Crippen LogP contribution >= 0.6 is 0 Å². The summed E-state index contributed by atoms with van der Waals surface area (Å²) >= 11 is 0. The zero-order valence-corrected chi connectivity index (χ0v) is 29.4. The summed E-state index contributed by atoms with van der Waals surface area (Å²) < 4.78 is 11.7. The van der Waals surface area contributed by atoms with Gasteiger partial charge in [-0.1, -0.05) is 38.8 Å². The summed E-state index contributed by atoms with van der Waals surface area (Å²) in [6.45, 7) is 27.3. The molecule has 0 bridgehead atoms. The predicted molar refractivity (Wildman–Crippen MR) is 175 cm³/mol. The van der Waals surface area contributed by atoms with E-state index in [0.717, 1.165) is 38.5 Å². The number of rotatable bonds is 13. The van der Waals surface area contributed by atoms with E-state index in [-0.39, 0.29) is 36.0 Å². The number of esters is 2. The lowest BCUT2D eigenvalue weighted by Gasteiger charge is -2.55. The van der Waals surface area contributed by atoms with Crippen LogP contribution in [-0.4, -0.2) is 67.9 Å². The molecule has 2 heterocycles. The van der Waals surface area contributed by atoms with Gasteiger partial charge in [0.05, 0.1) is 0 Å². The minimum Gasteiger partial charge on any atom is -0.462 e. The molecule has 0 saturated carbocycles. The number of ether oxygens (including phenoxy) is 2. The van der Waals surface area contributed by atoms with E-state index in [0.29, 0.717) is 49.7 Å². The van der Waals surface area contributed by atoms with Crippen LogP contribution < -0.4 is 0 Å². The Bertz CT molecular complexity index is 980. The van der Waals surface area contributed by atoms with Crippen LogP contribution in [0.1, 0.15) is 146 Å².